The molecule has 1 saturated carbocycles. The minimum atomic E-state index is -0.615. The molecule has 3 heterocycles. The second-order valence-corrected chi connectivity index (χ2v) is 9.12. The van der Waals surface area contributed by atoms with E-state index in [0.29, 0.717) is 23.1 Å². The van der Waals surface area contributed by atoms with E-state index in [-0.39, 0.29) is 24.9 Å². The van der Waals surface area contributed by atoms with Crippen molar-refractivity contribution in [3.8, 4) is 6.07 Å². The average molecular weight is 443 g/mol. The molecule has 2 aliphatic heterocycles. The maximum Gasteiger partial charge on any atom is 0.412 e. The van der Waals surface area contributed by atoms with Crippen molar-refractivity contribution in [2.24, 2.45) is 0 Å². The molecule has 3 aliphatic rings. The van der Waals surface area contributed by atoms with Crippen LogP contribution in [0.15, 0.2) is 29.4 Å². The molecule has 2 saturated heterocycles. The number of fused-ring (bicyclic) bond motifs is 1. The normalized spacial score (nSPS) is 27.7. The zero-order valence-electron chi connectivity index (χ0n) is 16.7. The molecular weight excluding hydrogens is 420 g/mol. The van der Waals surface area contributed by atoms with Gasteiger partial charge in [0.25, 0.3) is 0 Å². The summed E-state index contributed by atoms with van der Waals surface area (Å²) in [5, 5.41) is 25.2. The number of anilines is 1. The van der Waals surface area contributed by atoms with Crippen LogP contribution in [0.4, 0.5) is 10.5 Å². The highest BCUT2D eigenvalue weighted by Crippen LogP contribution is 2.39. The number of aromatic nitrogens is 4. The number of thioether (sulfide) groups is 1. The minimum Gasteiger partial charge on any atom is -0.441 e. The Hall–Kier alpha value is -2.68. The van der Waals surface area contributed by atoms with Crippen molar-refractivity contribution < 1.29 is 19.0 Å². The number of nitriles is 1. The molecule has 3 fully saturated rings. The molecule has 5 rings (SSSR count). The van der Waals surface area contributed by atoms with Crippen LogP contribution in [0.2, 0.25) is 0 Å². The molecule has 11 heteroatoms. The smallest absolute Gasteiger partial charge is 0.412 e. The Bertz CT molecular complexity index is 988. The standard InChI is InChI=1S/C20H22N6O4S/c21-9-12-4-3-5-13(8-12)22-20(27)30-16-11-29-17-15(10-28-18(16)17)26-19(23-24-25-26)31-14-6-1-2-7-14/h3-5,8,14-18H,1-2,6-7,10-11H2,(H,22,27). The van der Waals surface area contributed by atoms with Crippen molar-refractivity contribution in [1.29, 1.82) is 5.26 Å². The van der Waals surface area contributed by atoms with Crippen molar-refractivity contribution >= 4 is 23.5 Å². The summed E-state index contributed by atoms with van der Waals surface area (Å²) in [5.41, 5.74) is 0.948. The fourth-order valence-corrected chi connectivity index (χ4v) is 5.56. The lowest BCUT2D eigenvalue weighted by atomic mass is 10.1. The van der Waals surface area contributed by atoms with Crippen molar-refractivity contribution in [2.45, 2.75) is 60.4 Å². The Balaban J connectivity index is 1.21. The van der Waals surface area contributed by atoms with Gasteiger partial charge >= 0.3 is 6.09 Å². The largest absolute Gasteiger partial charge is 0.441 e. The molecule has 0 radical (unpaired) electrons. The third-order valence-electron chi connectivity index (χ3n) is 5.83. The van der Waals surface area contributed by atoms with Gasteiger partial charge in [-0.3, -0.25) is 5.32 Å². The van der Waals surface area contributed by atoms with Crippen molar-refractivity contribution in [2.75, 3.05) is 18.5 Å². The molecular formula is C20H22N6O4S. The highest BCUT2D eigenvalue weighted by atomic mass is 32.2. The highest BCUT2D eigenvalue weighted by molar-refractivity contribution is 7.99. The number of carbonyl (C=O) groups is 1. The van der Waals surface area contributed by atoms with E-state index < -0.39 is 12.2 Å². The molecule has 4 unspecified atom stereocenters. The lowest BCUT2D eigenvalue weighted by molar-refractivity contribution is 0.00751. The molecule has 31 heavy (non-hydrogen) atoms. The van der Waals surface area contributed by atoms with E-state index in [0.717, 1.165) is 5.16 Å². The van der Waals surface area contributed by atoms with E-state index in [9.17, 15) is 4.79 Å². The van der Waals surface area contributed by atoms with Crippen LogP contribution in [0, 0.1) is 11.3 Å². The van der Waals surface area contributed by atoms with Gasteiger partial charge in [0.05, 0.1) is 24.8 Å². The van der Waals surface area contributed by atoms with Crippen molar-refractivity contribution in [3.05, 3.63) is 29.8 Å². The topological polar surface area (TPSA) is 124 Å². The van der Waals surface area contributed by atoms with Crippen LogP contribution in [-0.4, -0.2) is 63.1 Å². The Morgan fingerprint density at radius 1 is 1.26 bits per heavy atom. The first kappa shape index (κ1) is 20.2. The van der Waals surface area contributed by atoms with Crippen LogP contribution in [0.25, 0.3) is 0 Å². The third-order valence-corrected chi connectivity index (χ3v) is 7.11. The molecule has 4 atom stereocenters. The van der Waals surface area contributed by atoms with Gasteiger partial charge in [0, 0.05) is 10.9 Å². The molecule has 1 N–H and O–H groups in total. The minimum absolute atomic E-state index is 0.159. The maximum absolute atomic E-state index is 12.3. The summed E-state index contributed by atoms with van der Waals surface area (Å²) >= 11 is 1.72. The van der Waals surface area contributed by atoms with E-state index in [1.807, 2.05) is 6.07 Å². The van der Waals surface area contributed by atoms with Gasteiger partial charge in [0.2, 0.25) is 5.16 Å². The van der Waals surface area contributed by atoms with Gasteiger partial charge in [-0.05, 0) is 41.5 Å². The van der Waals surface area contributed by atoms with Crippen molar-refractivity contribution in [1.82, 2.24) is 20.2 Å². The second kappa shape index (κ2) is 8.82. The number of carbonyl (C=O) groups excluding carboxylic acids is 1. The van der Waals surface area contributed by atoms with Crippen LogP contribution in [0.1, 0.15) is 37.3 Å². The molecule has 1 amide bonds. The summed E-state index contributed by atoms with van der Waals surface area (Å²) in [6.07, 6.45) is 3.06. The molecule has 0 spiro atoms. The van der Waals surface area contributed by atoms with Gasteiger partial charge in [-0.1, -0.05) is 30.7 Å². The van der Waals surface area contributed by atoms with E-state index >= 15 is 0 Å². The van der Waals surface area contributed by atoms with Crippen LogP contribution >= 0.6 is 11.8 Å². The summed E-state index contributed by atoms with van der Waals surface area (Å²) in [7, 11) is 0. The van der Waals surface area contributed by atoms with E-state index in [1.54, 1.807) is 40.7 Å². The Kier molecular flexibility index (Phi) is 5.76. The number of benzene rings is 1. The van der Waals surface area contributed by atoms with Gasteiger partial charge in [0.1, 0.15) is 18.2 Å². The van der Waals surface area contributed by atoms with Gasteiger partial charge in [-0.2, -0.15) is 5.26 Å². The van der Waals surface area contributed by atoms with E-state index in [1.165, 1.54) is 25.7 Å². The molecule has 0 bridgehead atoms. The fourth-order valence-electron chi connectivity index (χ4n) is 4.33. The zero-order chi connectivity index (χ0) is 21.2. The Morgan fingerprint density at radius 3 is 2.94 bits per heavy atom. The first-order valence-corrected chi connectivity index (χ1v) is 11.2. The zero-order valence-corrected chi connectivity index (χ0v) is 17.5. The summed E-state index contributed by atoms with van der Waals surface area (Å²) < 4.78 is 19.2. The van der Waals surface area contributed by atoms with Gasteiger partial charge < -0.3 is 14.2 Å². The van der Waals surface area contributed by atoms with Crippen molar-refractivity contribution in [3.63, 3.8) is 0 Å². The highest BCUT2D eigenvalue weighted by Gasteiger charge is 2.51. The van der Waals surface area contributed by atoms with Crippen LogP contribution in [-0.2, 0) is 14.2 Å². The fraction of sp³-hybridized carbons (Fsp3) is 0.550. The average Bonchev–Trinajstić information content (AvgIpc) is 3.55. The molecule has 2 aromatic rings. The monoisotopic (exact) mass is 442 g/mol. The van der Waals surface area contributed by atoms with Crippen LogP contribution < -0.4 is 5.32 Å². The summed E-state index contributed by atoms with van der Waals surface area (Å²) in [5.74, 6) is 0. The SMILES string of the molecule is N#Cc1cccc(NC(=O)OC2COC3C2OCC3n2nnnc2SC2CCCC2)c1. The summed E-state index contributed by atoms with van der Waals surface area (Å²) in [6.45, 7) is 0.634. The number of amides is 1. The quantitative estimate of drug-likeness (QED) is 0.743. The summed E-state index contributed by atoms with van der Waals surface area (Å²) in [6, 6.07) is 8.51. The Morgan fingerprint density at radius 2 is 2.10 bits per heavy atom. The number of rotatable bonds is 5. The van der Waals surface area contributed by atoms with Gasteiger partial charge in [-0.25, -0.2) is 9.48 Å². The molecule has 1 aromatic carbocycles. The predicted octanol–water partition coefficient (Wildman–Crippen LogP) is 2.54. The van der Waals surface area contributed by atoms with Crippen LogP contribution in [0.3, 0.4) is 0 Å². The lowest BCUT2D eigenvalue weighted by Crippen LogP contribution is -2.35. The van der Waals surface area contributed by atoms with Crippen LogP contribution in [0.5, 0.6) is 0 Å². The number of nitrogens with one attached hydrogen (secondary N) is 1. The number of hydrogen-bond acceptors (Lipinski definition) is 9. The second-order valence-electron chi connectivity index (χ2n) is 7.85. The lowest BCUT2D eigenvalue weighted by Gasteiger charge is -2.18. The first-order valence-electron chi connectivity index (χ1n) is 10.4. The van der Waals surface area contributed by atoms with Gasteiger partial charge in [0.15, 0.2) is 6.10 Å². The first-order chi connectivity index (χ1) is 15.2. The predicted molar refractivity (Wildman–Crippen MR) is 109 cm³/mol. The summed E-state index contributed by atoms with van der Waals surface area (Å²) in [4.78, 5) is 12.3. The molecule has 10 nitrogen and oxygen atoms in total. The number of ether oxygens (including phenoxy) is 3. The third kappa shape index (κ3) is 4.23. The Labute approximate surface area is 183 Å². The maximum atomic E-state index is 12.3. The molecule has 1 aliphatic carbocycles. The van der Waals surface area contributed by atoms with E-state index in [4.69, 9.17) is 19.5 Å². The number of nitrogens with zero attached hydrogens (tertiary/aromatic N) is 5. The number of tetrazole rings is 1. The molecule has 1 aromatic heterocycles. The van der Waals surface area contributed by atoms with E-state index in [2.05, 4.69) is 20.8 Å². The number of hydrogen-bond donors (Lipinski definition) is 1. The molecule has 162 valence electrons. The van der Waals surface area contributed by atoms with Gasteiger partial charge in [-0.15, -0.1) is 5.10 Å².